The summed E-state index contributed by atoms with van der Waals surface area (Å²) >= 11 is 0. The van der Waals surface area contributed by atoms with Crippen LogP contribution in [0.1, 0.15) is 32.1 Å². The first kappa shape index (κ1) is 19.6. The van der Waals surface area contributed by atoms with Gasteiger partial charge in [-0.15, -0.1) is 0 Å². The number of hydrogen-bond donors (Lipinski definition) is 2. The van der Waals surface area contributed by atoms with Crippen molar-refractivity contribution >= 4 is 29.2 Å². The van der Waals surface area contributed by atoms with E-state index < -0.39 is 29.4 Å². The van der Waals surface area contributed by atoms with Crippen LogP contribution in [0.5, 0.6) is 0 Å². The second-order valence-corrected chi connectivity index (χ2v) is 5.52. The molecule has 1 aromatic heterocycles. The van der Waals surface area contributed by atoms with Crippen molar-refractivity contribution in [2.24, 2.45) is 0 Å². The third-order valence-electron chi connectivity index (χ3n) is 3.74. The van der Waals surface area contributed by atoms with Gasteiger partial charge in [0, 0.05) is 11.8 Å². The van der Waals surface area contributed by atoms with Gasteiger partial charge < -0.3 is 19.8 Å². The number of aromatic amines is 1. The SMILES string of the molecule is COC(=O)c1c(C)[nH]c(C(=O)OCC(=O)Nc2ccccc2[N+](=O)[O-])c1C. The summed E-state index contributed by atoms with van der Waals surface area (Å²) in [6.45, 7) is 2.48. The Kier molecular flexibility index (Phi) is 5.91. The molecule has 2 aromatic rings. The number of rotatable bonds is 6. The Hall–Kier alpha value is -3.69. The number of esters is 2. The second kappa shape index (κ2) is 8.13. The van der Waals surface area contributed by atoms with Gasteiger partial charge in [0.05, 0.1) is 17.6 Å². The number of anilines is 1. The van der Waals surface area contributed by atoms with Crippen molar-refractivity contribution in [3.8, 4) is 0 Å². The lowest BCUT2D eigenvalue weighted by molar-refractivity contribution is -0.383. The summed E-state index contributed by atoms with van der Waals surface area (Å²) in [5, 5.41) is 13.2. The molecule has 0 aliphatic carbocycles. The molecule has 27 heavy (non-hydrogen) atoms. The normalized spacial score (nSPS) is 10.2. The lowest BCUT2D eigenvalue weighted by atomic mass is 10.1. The monoisotopic (exact) mass is 375 g/mol. The number of nitrogens with zero attached hydrogens (tertiary/aromatic N) is 1. The number of nitro benzene ring substituents is 1. The molecule has 1 amide bonds. The van der Waals surface area contributed by atoms with E-state index in [0.29, 0.717) is 11.3 Å². The standard InChI is InChI=1S/C17H17N3O7/c1-9-14(16(22)26-3)10(2)18-15(9)17(23)27-8-13(21)19-11-6-4-5-7-12(11)20(24)25/h4-7,18H,8H2,1-3H3,(H,19,21). The summed E-state index contributed by atoms with van der Waals surface area (Å²) in [6.07, 6.45) is 0. The number of carbonyl (C=O) groups excluding carboxylic acids is 3. The average molecular weight is 375 g/mol. The zero-order valence-corrected chi connectivity index (χ0v) is 14.8. The second-order valence-electron chi connectivity index (χ2n) is 5.52. The molecule has 1 aromatic carbocycles. The molecule has 0 radical (unpaired) electrons. The number of nitrogens with one attached hydrogen (secondary N) is 2. The fourth-order valence-electron chi connectivity index (χ4n) is 2.49. The van der Waals surface area contributed by atoms with Gasteiger partial charge in [0.25, 0.3) is 11.6 Å². The van der Waals surface area contributed by atoms with Crippen molar-refractivity contribution in [1.82, 2.24) is 4.98 Å². The van der Waals surface area contributed by atoms with E-state index in [2.05, 4.69) is 15.0 Å². The largest absolute Gasteiger partial charge is 0.465 e. The Bertz CT molecular complexity index is 917. The number of nitro groups is 1. The molecule has 0 spiro atoms. The Labute approximate surface area is 153 Å². The van der Waals surface area contributed by atoms with Crippen molar-refractivity contribution < 1.29 is 28.8 Å². The molecule has 10 nitrogen and oxygen atoms in total. The third-order valence-corrected chi connectivity index (χ3v) is 3.74. The van der Waals surface area contributed by atoms with Crippen molar-refractivity contribution in [2.75, 3.05) is 19.0 Å². The first-order chi connectivity index (χ1) is 12.8. The number of benzene rings is 1. The molecule has 142 valence electrons. The number of H-pyrrole nitrogens is 1. The Balaban J connectivity index is 2.05. The van der Waals surface area contributed by atoms with Gasteiger partial charge in [-0.05, 0) is 25.5 Å². The summed E-state index contributed by atoms with van der Waals surface area (Å²) in [4.78, 5) is 48.9. The van der Waals surface area contributed by atoms with E-state index in [1.54, 1.807) is 13.8 Å². The quantitative estimate of drug-likeness (QED) is 0.447. The number of aromatic nitrogens is 1. The predicted molar refractivity (Wildman–Crippen MR) is 93.6 cm³/mol. The zero-order chi connectivity index (χ0) is 20.1. The zero-order valence-electron chi connectivity index (χ0n) is 14.8. The number of ether oxygens (including phenoxy) is 2. The molecule has 2 N–H and O–H groups in total. The maximum Gasteiger partial charge on any atom is 0.355 e. The number of para-hydroxylation sites is 2. The van der Waals surface area contributed by atoms with Crippen molar-refractivity contribution in [2.45, 2.75) is 13.8 Å². The Morgan fingerprint density at radius 3 is 2.48 bits per heavy atom. The Morgan fingerprint density at radius 2 is 1.85 bits per heavy atom. The van der Waals surface area contributed by atoms with Gasteiger partial charge in [-0.25, -0.2) is 9.59 Å². The van der Waals surface area contributed by atoms with Gasteiger partial charge in [-0.2, -0.15) is 0 Å². The van der Waals surface area contributed by atoms with Gasteiger partial charge in [-0.3, -0.25) is 14.9 Å². The minimum Gasteiger partial charge on any atom is -0.465 e. The van der Waals surface area contributed by atoms with Crippen LogP contribution >= 0.6 is 0 Å². The van der Waals surface area contributed by atoms with E-state index >= 15 is 0 Å². The molecule has 0 saturated heterocycles. The fraction of sp³-hybridized carbons (Fsp3) is 0.235. The average Bonchev–Trinajstić information content (AvgIpc) is 2.93. The van der Waals surface area contributed by atoms with Crippen molar-refractivity contribution in [1.29, 1.82) is 0 Å². The molecule has 1 heterocycles. The number of methoxy groups -OCH3 is 1. The van der Waals surface area contributed by atoms with Gasteiger partial charge >= 0.3 is 11.9 Å². The molecule has 0 unspecified atom stereocenters. The highest BCUT2D eigenvalue weighted by Gasteiger charge is 2.24. The molecule has 0 aliphatic rings. The lowest BCUT2D eigenvalue weighted by Gasteiger charge is -2.07. The number of carbonyl (C=O) groups is 3. The topological polar surface area (TPSA) is 141 Å². The molecule has 0 aliphatic heterocycles. The van der Waals surface area contributed by atoms with Crippen LogP contribution in [-0.2, 0) is 14.3 Å². The number of aryl methyl sites for hydroxylation is 1. The first-order valence-corrected chi connectivity index (χ1v) is 7.74. The van der Waals surface area contributed by atoms with Crippen LogP contribution in [0.4, 0.5) is 11.4 Å². The lowest BCUT2D eigenvalue weighted by Crippen LogP contribution is -2.21. The maximum absolute atomic E-state index is 12.2. The van der Waals surface area contributed by atoms with E-state index in [-0.39, 0.29) is 22.6 Å². The van der Waals surface area contributed by atoms with E-state index in [4.69, 9.17) is 4.74 Å². The summed E-state index contributed by atoms with van der Waals surface area (Å²) in [5.41, 5.74) is 0.707. The minimum absolute atomic E-state index is 0.0107. The molecule has 0 bridgehead atoms. The number of amides is 1. The third kappa shape index (κ3) is 4.29. The highest BCUT2D eigenvalue weighted by molar-refractivity contribution is 6.00. The number of hydrogen-bond acceptors (Lipinski definition) is 7. The predicted octanol–water partition coefficient (Wildman–Crippen LogP) is 2.12. The van der Waals surface area contributed by atoms with Crippen LogP contribution in [-0.4, -0.2) is 41.5 Å². The molecule has 10 heteroatoms. The van der Waals surface area contributed by atoms with Crippen LogP contribution in [0.25, 0.3) is 0 Å². The van der Waals surface area contributed by atoms with Crippen LogP contribution < -0.4 is 5.32 Å². The van der Waals surface area contributed by atoms with E-state index in [1.165, 1.54) is 31.4 Å². The first-order valence-electron chi connectivity index (χ1n) is 7.74. The molecular formula is C17H17N3O7. The van der Waals surface area contributed by atoms with Gasteiger partial charge in [0.2, 0.25) is 0 Å². The van der Waals surface area contributed by atoms with Crippen molar-refractivity contribution in [3.05, 3.63) is 56.9 Å². The van der Waals surface area contributed by atoms with Gasteiger partial charge in [-0.1, -0.05) is 12.1 Å². The van der Waals surface area contributed by atoms with Gasteiger partial charge in [0.1, 0.15) is 11.4 Å². The summed E-state index contributed by atoms with van der Waals surface area (Å²) < 4.78 is 9.58. The molecule has 2 rings (SSSR count). The molecule has 0 atom stereocenters. The highest BCUT2D eigenvalue weighted by Crippen LogP contribution is 2.23. The van der Waals surface area contributed by atoms with Crippen LogP contribution in [0.3, 0.4) is 0 Å². The van der Waals surface area contributed by atoms with E-state index in [9.17, 15) is 24.5 Å². The Morgan fingerprint density at radius 1 is 1.19 bits per heavy atom. The van der Waals surface area contributed by atoms with Gasteiger partial charge in [0.15, 0.2) is 6.61 Å². The minimum atomic E-state index is -0.844. The smallest absolute Gasteiger partial charge is 0.355 e. The van der Waals surface area contributed by atoms with E-state index in [1.807, 2.05) is 0 Å². The van der Waals surface area contributed by atoms with Crippen LogP contribution in [0, 0.1) is 24.0 Å². The van der Waals surface area contributed by atoms with E-state index in [0.717, 1.165) is 0 Å². The maximum atomic E-state index is 12.2. The highest BCUT2D eigenvalue weighted by atomic mass is 16.6. The van der Waals surface area contributed by atoms with Crippen molar-refractivity contribution in [3.63, 3.8) is 0 Å². The van der Waals surface area contributed by atoms with Crippen LogP contribution in [0.15, 0.2) is 24.3 Å². The molecule has 0 fully saturated rings. The molecular weight excluding hydrogens is 358 g/mol. The molecule has 0 saturated carbocycles. The summed E-state index contributed by atoms with van der Waals surface area (Å²) in [6, 6.07) is 5.58. The summed E-state index contributed by atoms with van der Waals surface area (Å²) in [7, 11) is 1.22. The summed E-state index contributed by atoms with van der Waals surface area (Å²) in [5.74, 6) is -2.19. The van der Waals surface area contributed by atoms with Crippen LogP contribution in [0.2, 0.25) is 0 Å². The fourth-order valence-corrected chi connectivity index (χ4v) is 2.49.